The molecule has 1 heterocycles. The second-order valence-electron chi connectivity index (χ2n) is 8.67. The van der Waals surface area contributed by atoms with E-state index in [1.807, 2.05) is 36.2 Å². The Morgan fingerprint density at radius 2 is 1.91 bits per heavy atom. The molecule has 0 aliphatic heterocycles. The maximum atomic E-state index is 14.3. The van der Waals surface area contributed by atoms with Crippen LogP contribution in [0.4, 0.5) is 10.2 Å². The van der Waals surface area contributed by atoms with Gasteiger partial charge in [-0.15, -0.1) is 0 Å². The van der Waals surface area contributed by atoms with Crippen LogP contribution in [0.25, 0.3) is 11.1 Å². The van der Waals surface area contributed by atoms with Gasteiger partial charge in [-0.05, 0) is 48.1 Å². The maximum absolute atomic E-state index is 14.3. The van der Waals surface area contributed by atoms with E-state index >= 15 is 0 Å². The van der Waals surface area contributed by atoms with Crippen molar-refractivity contribution in [3.8, 4) is 22.6 Å². The first-order chi connectivity index (χ1) is 15.3. The van der Waals surface area contributed by atoms with Crippen molar-refractivity contribution in [3.05, 3.63) is 66.4 Å². The predicted octanol–water partition coefficient (Wildman–Crippen LogP) is 4.49. The minimum absolute atomic E-state index is 0.0557. The number of nitrogens with zero attached hydrogens (tertiary/aromatic N) is 3. The number of hydrogen-bond acceptors (Lipinski definition) is 6. The molecule has 2 aromatic carbocycles. The van der Waals surface area contributed by atoms with Crippen molar-refractivity contribution < 1.29 is 14.2 Å². The average molecular weight is 437 g/mol. The molecule has 0 bridgehead atoms. The van der Waals surface area contributed by atoms with Crippen molar-refractivity contribution in [1.82, 2.24) is 9.97 Å². The molecule has 3 aromatic rings. The molecule has 0 radical (unpaired) electrons. The van der Waals surface area contributed by atoms with Gasteiger partial charge in [-0.3, -0.25) is 0 Å². The number of benzene rings is 2. The van der Waals surface area contributed by atoms with Crippen LogP contribution in [-0.2, 0) is 0 Å². The molecule has 0 saturated heterocycles. The number of rotatable bonds is 6. The summed E-state index contributed by atoms with van der Waals surface area (Å²) in [5, 5.41) is 10.4. The maximum Gasteiger partial charge on any atom is 0.188 e. The van der Waals surface area contributed by atoms with Crippen LogP contribution in [0.2, 0.25) is 0 Å². The lowest BCUT2D eigenvalue weighted by molar-refractivity contribution is 0.161. The van der Waals surface area contributed by atoms with Crippen LogP contribution < -0.4 is 15.4 Å². The fourth-order valence-corrected chi connectivity index (χ4v) is 4.42. The summed E-state index contributed by atoms with van der Waals surface area (Å²) in [5.74, 6) is 1.41. The van der Waals surface area contributed by atoms with E-state index in [-0.39, 0.29) is 23.8 Å². The van der Waals surface area contributed by atoms with Crippen LogP contribution in [-0.4, -0.2) is 40.3 Å². The summed E-state index contributed by atoms with van der Waals surface area (Å²) in [6.45, 7) is 4.21. The zero-order chi connectivity index (χ0) is 22.8. The lowest BCUT2D eigenvalue weighted by Crippen LogP contribution is -2.38. The van der Waals surface area contributed by atoms with Gasteiger partial charge in [-0.25, -0.2) is 14.4 Å². The number of aliphatic hydroxyl groups excluding tert-OH is 1. The minimum Gasteiger partial charge on any atom is -0.451 e. The Kier molecular flexibility index (Phi) is 6.39. The first-order valence-corrected chi connectivity index (χ1v) is 10.9. The van der Waals surface area contributed by atoms with E-state index in [0.717, 1.165) is 11.1 Å². The van der Waals surface area contributed by atoms with Crippen LogP contribution >= 0.6 is 0 Å². The largest absolute Gasteiger partial charge is 0.451 e. The first-order valence-electron chi connectivity index (χ1n) is 10.9. The van der Waals surface area contributed by atoms with Gasteiger partial charge >= 0.3 is 0 Å². The van der Waals surface area contributed by atoms with Crippen molar-refractivity contribution in [3.63, 3.8) is 0 Å². The summed E-state index contributed by atoms with van der Waals surface area (Å²) >= 11 is 0. The highest BCUT2D eigenvalue weighted by molar-refractivity contribution is 5.74. The van der Waals surface area contributed by atoms with Crippen LogP contribution in [0.1, 0.15) is 38.2 Å². The van der Waals surface area contributed by atoms with Gasteiger partial charge in [0, 0.05) is 18.7 Å². The van der Waals surface area contributed by atoms with E-state index in [9.17, 15) is 9.50 Å². The van der Waals surface area contributed by atoms with Crippen molar-refractivity contribution in [2.75, 3.05) is 11.9 Å². The summed E-state index contributed by atoms with van der Waals surface area (Å²) in [5.41, 5.74) is 8.73. The predicted molar refractivity (Wildman–Crippen MR) is 123 cm³/mol. The smallest absolute Gasteiger partial charge is 0.188 e. The first kappa shape index (κ1) is 22.2. The molecule has 7 heteroatoms. The fourth-order valence-electron chi connectivity index (χ4n) is 4.42. The second-order valence-corrected chi connectivity index (χ2v) is 8.67. The lowest BCUT2D eigenvalue weighted by Gasteiger charge is -2.29. The molecule has 0 spiro atoms. The van der Waals surface area contributed by atoms with E-state index in [1.54, 1.807) is 12.3 Å². The molecular weight excluding hydrogens is 407 g/mol. The number of aliphatic hydroxyl groups is 1. The van der Waals surface area contributed by atoms with Gasteiger partial charge in [0.05, 0.1) is 18.3 Å². The topological polar surface area (TPSA) is 84.5 Å². The summed E-state index contributed by atoms with van der Waals surface area (Å²) in [6, 6.07) is 12.2. The van der Waals surface area contributed by atoms with Crippen molar-refractivity contribution in [1.29, 1.82) is 0 Å². The molecule has 32 heavy (non-hydrogen) atoms. The van der Waals surface area contributed by atoms with E-state index in [0.29, 0.717) is 35.7 Å². The molecule has 1 aromatic heterocycles. The van der Waals surface area contributed by atoms with Crippen LogP contribution in [0.15, 0.2) is 55.0 Å². The average Bonchev–Trinajstić information content (AvgIpc) is 3.12. The normalized spacial score (nSPS) is 20.5. The molecule has 3 N–H and O–H groups in total. The molecule has 1 aliphatic carbocycles. The highest BCUT2D eigenvalue weighted by atomic mass is 19.1. The van der Waals surface area contributed by atoms with Crippen LogP contribution in [0, 0.1) is 5.82 Å². The number of anilines is 1. The van der Waals surface area contributed by atoms with Crippen LogP contribution in [0.3, 0.4) is 0 Å². The Labute approximate surface area is 187 Å². The fraction of sp³-hybridized carbons (Fsp3) is 0.360. The Hall–Kier alpha value is -3.03. The summed E-state index contributed by atoms with van der Waals surface area (Å²) in [7, 11) is 1.86. The van der Waals surface area contributed by atoms with Gasteiger partial charge in [0.15, 0.2) is 11.6 Å². The Morgan fingerprint density at radius 1 is 1.12 bits per heavy atom. The third kappa shape index (κ3) is 4.45. The molecule has 1 fully saturated rings. The number of halogens is 1. The van der Waals surface area contributed by atoms with Crippen molar-refractivity contribution in [2.45, 2.75) is 50.8 Å². The molecule has 4 rings (SSSR count). The molecule has 1 aliphatic rings. The van der Waals surface area contributed by atoms with Gasteiger partial charge in [0.2, 0.25) is 0 Å². The summed E-state index contributed by atoms with van der Waals surface area (Å²) in [4.78, 5) is 10.4. The molecule has 1 saturated carbocycles. The van der Waals surface area contributed by atoms with Gasteiger partial charge in [0.1, 0.15) is 17.9 Å². The molecule has 0 amide bonds. The molecule has 3 atom stereocenters. The van der Waals surface area contributed by atoms with Gasteiger partial charge in [0.25, 0.3) is 0 Å². The standard InChI is InChI=1S/C25H29FN4O2/c1-15(2)18-6-4-5-7-19(18)20-10-16(26)8-9-23(20)32-24-13-28-14-29-25(24)30(3)21-11-17(27)12-22(21)31/h4-10,13-15,17,21-22,31H,11-12,27H2,1-3H3. The summed E-state index contributed by atoms with van der Waals surface area (Å²) in [6.07, 6.45) is 3.69. The quantitative estimate of drug-likeness (QED) is 0.593. The van der Waals surface area contributed by atoms with E-state index in [4.69, 9.17) is 10.5 Å². The number of nitrogens with two attached hydrogens (primary N) is 1. The number of ether oxygens (including phenoxy) is 1. The third-order valence-corrected chi connectivity index (χ3v) is 6.06. The van der Waals surface area contributed by atoms with E-state index in [1.165, 1.54) is 18.5 Å². The SMILES string of the molecule is CC(C)c1ccccc1-c1cc(F)ccc1Oc1cncnc1N(C)C1CC(N)CC1O. The Morgan fingerprint density at radius 3 is 2.62 bits per heavy atom. The Bertz CT molecular complexity index is 1090. The minimum atomic E-state index is -0.544. The zero-order valence-corrected chi connectivity index (χ0v) is 18.6. The van der Waals surface area contributed by atoms with Gasteiger partial charge in [-0.2, -0.15) is 0 Å². The Balaban J connectivity index is 1.73. The second kappa shape index (κ2) is 9.22. The monoisotopic (exact) mass is 436 g/mol. The number of aromatic nitrogens is 2. The summed E-state index contributed by atoms with van der Waals surface area (Å²) < 4.78 is 20.5. The van der Waals surface area contributed by atoms with Gasteiger partial charge in [-0.1, -0.05) is 38.1 Å². The van der Waals surface area contributed by atoms with E-state index in [2.05, 4.69) is 23.8 Å². The molecule has 3 unspecified atom stereocenters. The number of likely N-dealkylation sites (N-methyl/N-ethyl adjacent to an activating group) is 1. The third-order valence-electron chi connectivity index (χ3n) is 6.06. The van der Waals surface area contributed by atoms with Crippen molar-refractivity contribution >= 4 is 5.82 Å². The molecular formula is C25H29FN4O2. The highest BCUT2D eigenvalue weighted by Gasteiger charge is 2.35. The lowest BCUT2D eigenvalue weighted by atomic mass is 9.92. The highest BCUT2D eigenvalue weighted by Crippen LogP contribution is 2.40. The van der Waals surface area contributed by atoms with Crippen LogP contribution in [0.5, 0.6) is 11.5 Å². The molecule has 6 nitrogen and oxygen atoms in total. The molecule has 168 valence electrons. The van der Waals surface area contributed by atoms with Gasteiger partial charge < -0.3 is 20.5 Å². The zero-order valence-electron chi connectivity index (χ0n) is 18.6. The number of hydrogen-bond donors (Lipinski definition) is 2. The van der Waals surface area contributed by atoms with E-state index < -0.39 is 6.10 Å². The van der Waals surface area contributed by atoms with Crippen molar-refractivity contribution in [2.24, 2.45) is 5.73 Å².